The van der Waals surface area contributed by atoms with Gasteiger partial charge in [-0.2, -0.15) is 0 Å². The van der Waals surface area contributed by atoms with Crippen molar-refractivity contribution in [3.05, 3.63) is 0 Å². The average molecular weight is 230 g/mol. The first-order valence-electron chi connectivity index (χ1n) is 3.40. The molecule has 0 heterocycles. The summed E-state index contributed by atoms with van der Waals surface area (Å²) in [6, 6.07) is 0. The zero-order chi connectivity index (χ0) is 10.7. The lowest BCUT2D eigenvalue weighted by molar-refractivity contribution is 0.411. The fourth-order valence-electron chi connectivity index (χ4n) is 0.542. The van der Waals surface area contributed by atoms with Crippen molar-refractivity contribution in [2.45, 2.75) is 13.2 Å². The van der Waals surface area contributed by atoms with Gasteiger partial charge in [-0.1, -0.05) is 6.92 Å². The highest BCUT2D eigenvalue weighted by Crippen LogP contribution is 2.03. The minimum absolute atomic E-state index is 0.125. The molecule has 0 bridgehead atoms. The van der Waals surface area contributed by atoms with Crippen LogP contribution < -0.4 is 0 Å². The van der Waals surface area contributed by atoms with Crippen molar-refractivity contribution in [2.75, 3.05) is 12.5 Å². The van der Waals surface area contributed by atoms with E-state index in [1.807, 2.05) is 0 Å². The van der Waals surface area contributed by atoms with E-state index in [1.165, 1.54) is 0 Å². The maximum atomic E-state index is 10.6. The maximum absolute atomic E-state index is 10.6. The Labute approximate surface area is 78.6 Å². The van der Waals surface area contributed by atoms with Crippen LogP contribution in [-0.4, -0.2) is 36.5 Å². The van der Waals surface area contributed by atoms with Crippen LogP contribution in [0.4, 0.5) is 0 Å². The van der Waals surface area contributed by atoms with Crippen LogP contribution in [-0.2, 0) is 28.4 Å². The Morgan fingerprint density at radius 2 is 1.31 bits per heavy atom. The van der Waals surface area contributed by atoms with Gasteiger partial charge in [-0.05, 0) is 6.32 Å². The first-order valence-corrected chi connectivity index (χ1v) is 7.04. The van der Waals surface area contributed by atoms with Crippen LogP contribution in [0.25, 0.3) is 0 Å². The van der Waals surface area contributed by atoms with E-state index in [0.717, 1.165) is 12.5 Å². The quantitative estimate of drug-likeness (QED) is 0.588. The molecule has 0 fully saturated rings. The van der Waals surface area contributed by atoms with Gasteiger partial charge in [-0.25, -0.2) is 16.8 Å². The fraction of sp³-hybridized carbons (Fsp3) is 1.00. The topological polar surface area (TPSA) is 86.7 Å². The van der Waals surface area contributed by atoms with Gasteiger partial charge in [0, 0.05) is 0 Å². The molecular formula is C4H11BO6S2. The molecule has 0 aromatic carbocycles. The number of hydrogen-bond acceptors (Lipinski definition) is 6. The van der Waals surface area contributed by atoms with Crippen molar-refractivity contribution in [1.29, 1.82) is 0 Å². The molecule has 0 spiro atoms. The van der Waals surface area contributed by atoms with Gasteiger partial charge < -0.3 is 0 Å². The second-order valence-electron chi connectivity index (χ2n) is 2.44. The van der Waals surface area contributed by atoms with E-state index in [-0.39, 0.29) is 6.32 Å². The van der Waals surface area contributed by atoms with E-state index in [1.54, 1.807) is 6.92 Å². The van der Waals surface area contributed by atoms with E-state index in [2.05, 4.69) is 8.20 Å². The van der Waals surface area contributed by atoms with Crippen molar-refractivity contribution < 1.29 is 25.0 Å². The lowest BCUT2D eigenvalue weighted by Gasteiger charge is -2.08. The molecule has 13 heavy (non-hydrogen) atoms. The summed E-state index contributed by atoms with van der Waals surface area (Å²) in [6.45, 7) is 1.54. The third kappa shape index (κ3) is 8.22. The van der Waals surface area contributed by atoms with E-state index < -0.39 is 27.4 Å². The summed E-state index contributed by atoms with van der Waals surface area (Å²) in [7, 11) is -8.67. The molecule has 0 saturated heterocycles. The highest BCUT2D eigenvalue weighted by atomic mass is 32.2. The second kappa shape index (κ2) is 4.40. The predicted molar refractivity (Wildman–Crippen MR) is 48.1 cm³/mol. The van der Waals surface area contributed by atoms with Gasteiger partial charge in [0.15, 0.2) is 0 Å². The lowest BCUT2D eigenvalue weighted by atomic mass is 9.88. The Hall–Kier alpha value is -0.115. The van der Waals surface area contributed by atoms with E-state index >= 15 is 0 Å². The zero-order valence-corrected chi connectivity index (χ0v) is 9.18. The normalized spacial score (nSPS) is 12.8. The Morgan fingerprint density at radius 3 is 1.46 bits per heavy atom. The van der Waals surface area contributed by atoms with Crippen molar-refractivity contribution >= 4 is 27.4 Å². The molecular weight excluding hydrogens is 219 g/mol. The smallest absolute Gasteiger partial charge is 0.298 e. The van der Waals surface area contributed by atoms with Crippen LogP contribution in [0.3, 0.4) is 0 Å². The molecule has 0 aliphatic rings. The second-order valence-corrected chi connectivity index (χ2v) is 5.64. The van der Waals surface area contributed by atoms with Gasteiger partial charge in [0.1, 0.15) is 0 Å². The van der Waals surface area contributed by atoms with Crippen molar-refractivity contribution in [3.8, 4) is 0 Å². The number of rotatable bonds is 5. The molecule has 0 aliphatic heterocycles. The highest BCUT2D eigenvalue weighted by Gasteiger charge is 2.25. The summed E-state index contributed by atoms with van der Waals surface area (Å²) in [5.41, 5.74) is 0. The fourth-order valence-corrected chi connectivity index (χ4v) is 1.72. The van der Waals surface area contributed by atoms with Crippen LogP contribution in [0.5, 0.6) is 0 Å². The van der Waals surface area contributed by atoms with Crippen LogP contribution >= 0.6 is 0 Å². The Morgan fingerprint density at radius 1 is 1.00 bits per heavy atom. The predicted octanol–water partition coefficient (Wildman–Crippen LogP) is -0.553. The average Bonchev–Trinajstić information content (AvgIpc) is 1.79. The van der Waals surface area contributed by atoms with Gasteiger partial charge in [-0.3, -0.25) is 8.20 Å². The van der Waals surface area contributed by atoms with Crippen molar-refractivity contribution in [2.24, 2.45) is 0 Å². The van der Waals surface area contributed by atoms with Gasteiger partial charge in [0.2, 0.25) is 0 Å². The van der Waals surface area contributed by atoms with Crippen molar-refractivity contribution in [3.63, 3.8) is 0 Å². The molecule has 0 radical (unpaired) electrons. The molecule has 0 aliphatic carbocycles. The third-order valence-corrected chi connectivity index (χ3v) is 2.03. The molecule has 0 aromatic rings. The minimum atomic E-state index is -3.70. The molecule has 9 heteroatoms. The molecule has 0 rings (SSSR count). The maximum Gasteiger partial charge on any atom is 0.488 e. The first-order chi connectivity index (χ1) is 5.64. The summed E-state index contributed by atoms with van der Waals surface area (Å²) in [5, 5.41) is 0. The lowest BCUT2D eigenvalue weighted by Crippen LogP contribution is -2.27. The van der Waals surface area contributed by atoms with Gasteiger partial charge in [0.25, 0.3) is 20.2 Å². The summed E-state index contributed by atoms with van der Waals surface area (Å²) < 4.78 is 51.0. The highest BCUT2D eigenvalue weighted by molar-refractivity contribution is 7.88. The standard InChI is InChI=1S/C4H11BO6S2/c1-4-5(10-12(2,6)7)11-13(3,8)9/h4H2,1-3H3. The SMILES string of the molecule is CCB(OS(C)(=O)=O)OS(C)(=O)=O. The van der Waals surface area contributed by atoms with E-state index in [9.17, 15) is 16.8 Å². The monoisotopic (exact) mass is 230 g/mol. The number of hydrogen-bond donors (Lipinski definition) is 0. The Kier molecular flexibility index (Phi) is 4.36. The van der Waals surface area contributed by atoms with Crippen molar-refractivity contribution in [1.82, 2.24) is 0 Å². The Bertz CT molecular complexity index is 309. The largest absolute Gasteiger partial charge is 0.488 e. The molecule has 0 saturated carbocycles. The molecule has 78 valence electrons. The van der Waals surface area contributed by atoms with Crippen LogP contribution in [0, 0.1) is 0 Å². The van der Waals surface area contributed by atoms with Crippen LogP contribution in [0.15, 0.2) is 0 Å². The molecule has 0 unspecified atom stereocenters. The van der Waals surface area contributed by atoms with Gasteiger partial charge >= 0.3 is 7.12 Å². The molecule has 0 aromatic heterocycles. The minimum Gasteiger partial charge on any atom is -0.298 e. The van der Waals surface area contributed by atoms with E-state index in [4.69, 9.17) is 0 Å². The van der Waals surface area contributed by atoms with Gasteiger partial charge in [-0.15, -0.1) is 0 Å². The Balaban J connectivity index is 4.39. The summed E-state index contributed by atoms with van der Waals surface area (Å²) in [6.07, 6.45) is 1.77. The zero-order valence-electron chi connectivity index (χ0n) is 7.55. The van der Waals surface area contributed by atoms with E-state index in [0.29, 0.717) is 0 Å². The molecule has 0 atom stereocenters. The van der Waals surface area contributed by atoms with Gasteiger partial charge in [0.05, 0.1) is 12.5 Å². The molecule has 0 amide bonds. The van der Waals surface area contributed by atoms with Crippen LogP contribution in [0.2, 0.25) is 6.32 Å². The summed E-state index contributed by atoms with van der Waals surface area (Å²) in [5.74, 6) is 0. The van der Waals surface area contributed by atoms with Crippen LogP contribution in [0.1, 0.15) is 6.92 Å². The summed E-state index contributed by atoms with van der Waals surface area (Å²) >= 11 is 0. The first kappa shape index (κ1) is 12.9. The molecule has 6 nitrogen and oxygen atoms in total. The molecule has 0 N–H and O–H groups in total. The summed E-state index contributed by atoms with van der Waals surface area (Å²) in [4.78, 5) is 0. The third-order valence-electron chi connectivity index (χ3n) is 0.898.